The number of aromatic nitrogens is 1. The summed E-state index contributed by atoms with van der Waals surface area (Å²) in [7, 11) is 0. The summed E-state index contributed by atoms with van der Waals surface area (Å²) in [5.74, 6) is -0.400. The Labute approximate surface area is 184 Å². The van der Waals surface area contributed by atoms with Crippen LogP contribution in [0.5, 0.6) is 0 Å². The molecule has 2 amide bonds. The molecule has 4 aromatic rings. The van der Waals surface area contributed by atoms with E-state index in [4.69, 9.17) is 11.6 Å². The van der Waals surface area contributed by atoms with E-state index in [0.717, 1.165) is 27.7 Å². The fourth-order valence-corrected chi connectivity index (χ4v) is 4.51. The zero-order valence-electron chi connectivity index (χ0n) is 16.9. The molecule has 0 saturated heterocycles. The number of halogens is 1. The number of amides is 2. The largest absolute Gasteiger partial charge is 0.358 e. The maximum Gasteiger partial charge on any atom is 0.255 e. The van der Waals surface area contributed by atoms with Crippen LogP contribution in [-0.2, 0) is 4.79 Å². The Bertz CT molecular complexity index is 1310. The summed E-state index contributed by atoms with van der Waals surface area (Å²) >= 11 is 5.93. The van der Waals surface area contributed by atoms with E-state index in [2.05, 4.69) is 10.3 Å². The van der Waals surface area contributed by atoms with E-state index in [1.165, 1.54) is 0 Å². The fourth-order valence-electron chi connectivity index (χ4n) is 4.38. The summed E-state index contributed by atoms with van der Waals surface area (Å²) in [6.45, 7) is 1.95. The van der Waals surface area contributed by atoms with Crippen molar-refractivity contribution in [3.05, 3.63) is 100 Å². The van der Waals surface area contributed by atoms with E-state index in [1.807, 2.05) is 55.5 Å². The van der Waals surface area contributed by atoms with Gasteiger partial charge < -0.3 is 15.2 Å². The van der Waals surface area contributed by atoms with Crippen LogP contribution in [0.2, 0.25) is 5.02 Å². The third kappa shape index (κ3) is 3.37. The molecule has 154 valence electrons. The van der Waals surface area contributed by atoms with Crippen molar-refractivity contribution in [3.63, 3.8) is 0 Å². The second kappa shape index (κ2) is 7.60. The molecular formula is C25H20ClN3O2. The van der Waals surface area contributed by atoms with Gasteiger partial charge in [-0.25, -0.2) is 0 Å². The summed E-state index contributed by atoms with van der Waals surface area (Å²) in [6, 6.07) is 22.2. The molecule has 31 heavy (non-hydrogen) atoms. The number of hydrogen-bond donors (Lipinski definition) is 2. The minimum atomic E-state index is -0.337. The summed E-state index contributed by atoms with van der Waals surface area (Å²) in [5.41, 5.74) is 5.21. The Hall–Kier alpha value is -3.57. The predicted molar refractivity (Wildman–Crippen MR) is 122 cm³/mol. The quantitative estimate of drug-likeness (QED) is 0.461. The number of anilines is 1. The SMILES string of the molecule is Cc1[nH]c2ccccc2c1[C@H]1c2ccccc2C(=O)N1CC(=O)Nc1ccc(Cl)cc1. The number of para-hydroxylation sites is 1. The van der Waals surface area contributed by atoms with Crippen LogP contribution in [0, 0.1) is 6.92 Å². The van der Waals surface area contributed by atoms with Gasteiger partial charge in [-0.2, -0.15) is 0 Å². The number of nitrogens with one attached hydrogen (secondary N) is 2. The van der Waals surface area contributed by atoms with E-state index in [9.17, 15) is 9.59 Å². The molecule has 2 heterocycles. The number of aromatic amines is 1. The smallest absolute Gasteiger partial charge is 0.255 e. The van der Waals surface area contributed by atoms with Crippen molar-refractivity contribution in [2.24, 2.45) is 0 Å². The summed E-state index contributed by atoms with van der Waals surface area (Å²) < 4.78 is 0. The van der Waals surface area contributed by atoms with Gasteiger partial charge in [0.15, 0.2) is 0 Å². The molecule has 2 N–H and O–H groups in total. The van der Waals surface area contributed by atoms with Crippen LogP contribution < -0.4 is 5.32 Å². The minimum Gasteiger partial charge on any atom is -0.358 e. The average Bonchev–Trinajstić information content (AvgIpc) is 3.23. The first-order chi connectivity index (χ1) is 15.0. The number of hydrogen-bond acceptors (Lipinski definition) is 2. The molecular weight excluding hydrogens is 410 g/mol. The van der Waals surface area contributed by atoms with E-state index in [-0.39, 0.29) is 24.4 Å². The van der Waals surface area contributed by atoms with Crippen LogP contribution >= 0.6 is 11.6 Å². The van der Waals surface area contributed by atoms with Crippen LogP contribution in [0.25, 0.3) is 10.9 Å². The number of benzene rings is 3. The first kappa shape index (κ1) is 19.4. The number of rotatable bonds is 4. The molecule has 1 atom stereocenters. The normalized spacial score (nSPS) is 15.4. The first-order valence-electron chi connectivity index (χ1n) is 10.1. The van der Waals surface area contributed by atoms with Gasteiger partial charge in [0, 0.05) is 38.4 Å². The number of fused-ring (bicyclic) bond motifs is 2. The van der Waals surface area contributed by atoms with Crippen LogP contribution in [0.3, 0.4) is 0 Å². The van der Waals surface area contributed by atoms with Gasteiger partial charge in [0.25, 0.3) is 5.91 Å². The molecule has 6 heteroatoms. The van der Waals surface area contributed by atoms with Crippen molar-refractivity contribution in [2.45, 2.75) is 13.0 Å². The molecule has 0 unspecified atom stereocenters. The van der Waals surface area contributed by atoms with Gasteiger partial charge in [-0.15, -0.1) is 0 Å². The lowest BCUT2D eigenvalue weighted by Gasteiger charge is -2.25. The zero-order valence-corrected chi connectivity index (χ0v) is 17.6. The average molecular weight is 430 g/mol. The highest BCUT2D eigenvalue weighted by atomic mass is 35.5. The molecule has 1 aliphatic heterocycles. The lowest BCUT2D eigenvalue weighted by molar-refractivity contribution is -0.117. The Morgan fingerprint density at radius 1 is 1.03 bits per heavy atom. The van der Waals surface area contributed by atoms with Crippen molar-refractivity contribution in [2.75, 3.05) is 11.9 Å². The van der Waals surface area contributed by atoms with Gasteiger partial charge in [0.1, 0.15) is 6.54 Å². The summed E-state index contributed by atoms with van der Waals surface area (Å²) in [4.78, 5) is 31.2. The fraction of sp³-hybridized carbons (Fsp3) is 0.120. The molecule has 0 saturated carbocycles. The van der Waals surface area contributed by atoms with Crippen molar-refractivity contribution in [3.8, 4) is 0 Å². The van der Waals surface area contributed by atoms with E-state index in [0.29, 0.717) is 16.3 Å². The first-order valence-corrected chi connectivity index (χ1v) is 10.4. The molecule has 1 aromatic heterocycles. The number of nitrogens with zero attached hydrogens (tertiary/aromatic N) is 1. The molecule has 5 rings (SSSR count). The summed E-state index contributed by atoms with van der Waals surface area (Å²) in [6.07, 6.45) is 0. The van der Waals surface area contributed by atoms with Gasteiger partial charge in [-0.1, -0.05) is 48.0 Å². The molecule has 0 aliphatic carbocycles. The van der Waals surface area contributed by atoms with Crippen LogP contribution in [0.15, 0.2) is 72.8 Å². The molecule has 3 aromatic carbocycles. The number of aryl methyl sites for hydroxylation is 1. The van der Waals surface area contributed by atoms with E-state index < -0.39 is 0 Å². The Balaban J connectivity index is 1.54. The van der Waals surface area contributed by atoms with Gasteiger partial charge in [0.2, 0.25) is 5.91 Å². The number of carbonyl (C=O) groups excluding carboxylic acids is 2. The molecule has 0 spiro atoms. The number of H-pyrrole nitrogens is 1. The Kier molecular flexibility index (Phi) is 4.75. The zero-order chi connectivity index (χ0) is 21.5. The Morgan fingerprint density at radius 3 is 2.55 bits per heavy atom. The lowest BCUT2D eigenvalue weighted by atomic mass is 9.95. The molecule has 0 radical (unpaired) electrons. The van der Waals surface area contributed by atoms with Crippen molar-refractivity contribution < 1.29 is 9.59 Å². The van der Waals surface area contributed by atoms with E-state index >= 15 is 0 Å². The van der Waals surface area contributed by atoms with Crippen molar-refractivity contribution >= 4 is 40.0 Å². The number of carbonyl (C=O) groups is 2. The highest BCUT2D eigenvalue weighted by Gasteiger charge is 2.40. The third-order valence-corrected chi connectivity index (χ3v) is 5.97. The highest BCUT2D eigenvalue weighted by molar-refractivity contribution is 6.30. The second-order valence-corrected chi connectivity index (χ2v) is 8.12. The highest BCUT2D eigenvalue weighted by Crippen LogP contribution is 2.42. The summed E-state index contributed by atoms with van der Waals surface area (Å²) in [5, 5.41) is 4.51. The predicted octanol–water partition coefficient (Wildman–Crippen LogP) is 5.31. The van der Waals surface area contributed by atoms with Gasteiger partial charge >= 0.3 is 0 Å². The van der Waals surface area contributed by atoms with E-state index in [1.54, 1.807) is 29.2 Å². The Morgan fingerprint density at radius 2 is 1.74 bits per heavy atom. The van der Waals surface area contributed by atoms with Crippen LogP contribution in [0.1, 0.15) is 33.2 Å². The van der Waals surface area contributed by atoms with Gasteiger partial charge in [-0.05, 0) is 48.9 Å². The van der Waals surface area contributed by atoms with Gasteiger partial charge in [-0.3, -0.25) is 9.59 Å². The van der Waals surface area contributed by atoms with Crippen LogP contribution in [0.4, 0.5) is 5.69 Å². The standard InChI is InChI=1S/C25H20ClN3O2/c1-15-23(20-8-4-5-9-21(20)27-15)24-18-6-2-3-7-19(18)25(31)29(24)14-22(30)28-17-12-10-16(26)11-13-17/h2-13,24,27H,14H2,1H3,(H,28,30)/t24-/m1/s1. The molecule has 1 aliphatic rings. The topological polar surface area (TPSA) is 65.2 Å². The molecule has 0 bridgehead atoms. The maximum absolute atomic E-state index is 13.3. The van der Waals surface area contributed by atoms with Gasteiger partial charge in [0.05, 0.1) is 6.04 Å². The van der Waals surface area contributed by atoms with Crippen molar-refractivity contribution in [1.82, 2.24) is 9.88 Å². The van der Waals surface area contributed by atoms with Crippen molar-refractivity contribution in [1.29, 1.82) is 0 Å². The maximum atomic E-state index is 13.3. The minimum absolute atomic E-state index is 0.0558. The monoisotopic (exact) mass is 429 g/mol. The molecule has 5 nitrogen and oxygen atoms in total. The third-order valence-electron chi connectivity index (χ3n) is 5.72. The van der Waals surface area contributed by atoms with Crippen LogP contribution in [-0.4, -0.2) is 28.2 Å². The molecule has 0 fully saturated rings. The second-order valence-electron chi connectivity index (χ2n) is 7.69. The lowest BCUT2D eigenvalue weighted by Crippen LogP contribution is -2.36.